The highest BCUT2D eigenvalue weighted by atomic mass is 16.5. The van der Waals surface area contributed by atoms with E-state index in [1.807, 2.05) is 7.05 Å². The Bertz CT molecular complexity index is 718. The van der Waals surface area contributed by atoms with Crippen LogP contribution in [0.15, 0.2) is 0 Å². The highest BCUT2D eigenvalue weighted by Gasteiger charge is 2.44. The number of likely N-dealkylation sites (N-methyl/N-ethyl adjacent to an activating group) is 1. The van der Waals surface area contributed by atoms with Crippen LogP contribution in [0.25, 0.3) is 0 Å². The summed E-state index contributed by atoms with van der Waals surface area (Å²) < 4.78 is 27.4. The highest BCUT2D eigenvalue weighted by molar-refractivity contribution is 5.83. The molecule has 15 heteroatoms. The molecule has 1 heterocycles. The number of amides is 3. The van der Waals surface area contributed by atoms with Gasteiger partial charge < -0.3 is 59.9 Å². The van der Waals surface area contributed by atoms with Gasteiger partial charge in [-0.05, 0) is 13.5 Å². The molecule has 1 saturated heterocycles. The van der Waals surface area contributed by atoms with Gasteiger partial charge in [0.2, 0.25) is 17.7 Å². The first kappa shape index (κ1) is 36.1. The highest BCUT2D eigenvalue weighted by Crippen LogP contribution is 2.23. The second-order valence-electron chi connectivity index (χ2n) is 9.24. The zero-order valence-corrected chi connectivity index (χ0v) is 23.8. The Morgan fingerprint density at radius 2 is 1.43 bits per heavy atom. The first-order valence-electron chi connectivity index (χ1n) is 13.6. The van der Waals surface area contributed by atoms with Gasteiger partial charge in [0.1, 0.15) is 18.3 Å². The largest absolute Gasteiger partial charge is 0.394 e. The van der Waals surface area contributed by atoms with Crippen molar-refractivity contribution < 1.29 is 53.4 Å². The molecule has 0 radical (unpaired) electrons. The summed E-state index contributed by atoms with van der Waals surface area (Å²) in [7, 11) is 1.86. The lowest BCUT2D eigenvalue weighted by molar-refractivity contribution is -0.198. The minimum atomic E-state index is -1.35. The maximum absolute atomic E-state index is 12.2. The molecular formula is C25H48N4O11. The Morgan fingerprint density at radius 3 is 2.00 bits per heavy atom. The van der Waals surface area contributed by atoms with E-state index in [0.717, 1.165) is 6.54 Å². The van der Waals surface area contributed by atoms with Crippen molar-refractivity contribution >= 4 is 17.7 Å². The first-order valence-corrected chi connectivity index (χ1v) is 13.6. The van der Waals surface area contributed by atoms with Crippen molar-refractivity contribution in [3.8, 4) is 0 Å². The van der Waals surface area contributed by atoms with E-state index in [-0.39, 0.29) is 44.5 Å². The summed E-state index contributed by atoms with van der Waals surface area (Å²) in [5.41, 5.74) is 0. The molecule has 0 aromatic heterocycles. The number of rotatable bonds is 22. The Morgan fingerprint density at radius 1 is 0.825 bits per heavy atom. The van der Waals surface area contributed by atoms with Gasteiger partial charge in [0, 0.05) is 40.1 Å². The molecule has 5 unspecified atom stereocenters. The third-order valence-electron chi connectivity index (χ3n) is 6.04. The molecular weight excluding hydrogens is 532 g/mol. The molecule has 0 aliphatic carbocycles. The fourth-order valence-electron chi connectivity index (χ4n) is 3.89. The molecule has 40 heavy (non-hydrogen) atoms. The van der Waals surface area contributed by atoms with E-state index in [4.69, 9.17) is 23.7 Å². The summed E-state index contributed by atoms with van der Waals surface area (Å²) in [6.07, 6.45) is -4.11. The van der Waals surface area contributed by atoms with Gasteiger partial charge in [0.05, 0.1) is 71.5 Å². The van der Waals surface area contributed by atoms with E-state index < -0.39 is 43.0 Å². The SMILES string of the molecule is CNCCOCCOCCOCCNC(=O)CN(CCOCCC1OC(CO)C(O)C(O)C1NC(C)=O)C(C)=O. The Balaban J connectivity index is 2.23. The summed E-state index contributed by atoms with van der Waals surface area (Å²) >= 11 is 0. The lowest BCUT2D eigenvalue weighted by Crippen LogP contribution is -2.64. The molecule has 0 spiro atoms. The summed E-state index contributed by atoms with van der Waals surface area (Å²) in [5, 5.41) is 38.1. The van der Waals surface area contributed by atoms with Crippen molar-refractivity contribution in [1.29, 1.82) is 0 Å². The zero-order valence-electron chi connectivity index (χ0n) is 23.8. The lowest BCUT2D eigenvalue weighted by Gasteiger charge is -2.42. The van der Waals surface area contributed by atoms with E-state index in [1.165, 1.54) is 18.7 Å². The Labute approximate surface area is 235 Å². The van der Waals surface area contributed by atoms with E-state index in [1.54, 1.807) is 0 Å². The monoisotopic (exact) mass is 580 g/mol. The fourth-order valence-corrected chi connectivity index (χ4v) is 3.89. The molecule has 5 atom stereocenters. The van der Waals surface area contributed by atoms with Crippen LogP contribution in [-0.2, 0) is 38.1 Å². The summed E-state index contributed by atoms with van der Waals surface area (Å²) in [4.78, 5) is 37.0. The number of ether oxygens (including phenoxy) is 5. The first-order chi connectivity index (χ1) is 19.2. The molecule has 1 fully saturated rings. The fraction of sp³-hybridized carbons (Fsp3) is 0.880. The van der Waals surface area contributed by atoms with Crippen molar-refractivity contribution in [2.45, 2.75) is 50.7 Å². The summed E-state index contributed by atoms with van der Waals surface area (Å²) in [6.45, 7) is 6.33. The van der Waals surface area contributed by atoms with Crippen LogP contribution in [0.1, 0.15) is 20.3 Å². The smallest absolute Gasteiger partial charge is 0.239 e. The van der Waals surface area contributed by atoms with E-state index >= 15 is 0 Å². The topological polar surface area (TPSA) is 197 Å². The number of hydrogen-bond donors (Lipinski definition) is 6. The molecule has 15 nitrogen and oxygen atoms in total. The summed E-state index contributed by atoms with van der Waals surface area (Å²) in [6, 6.07) is -0.874. The van der Waals surface area contributed by atoms with Gasteiger partial charge in [-0.3, -0.25) is 14.4 Å². The van der Waals surface area contributed by atoms with Gasteiger partial charge >= 0.3 is 0 Å². The van der Waals surface area contributed by atoms with Crippen molar-refractivity contribution in [3.63, 3.8) is 0 Å². The van der Waals surface area contributed by atoms with Crippen LogP contribution in [0.5, 0.6) is 0 Å². The molecule has 0 aromatic carbocycles. The number of nitrogens with zero attached hydrogens (tertiary/aromatic N) is 1. The van der Waals surface area contributed by atoms with Gasteiger partial charge in [0.15, 0.2) is 0 Å². The van der Waals surface area contributed by atoms with Gasteiger partial charge in [-0.2, -0.15) is 0 Å². The number of aliphatic hydroxyl groups is 3. The van der Waals surface area contributed by atoms with Gasteiger partial charge in [-0.25, -0.2) is 0 Å². The quantitative estimate of drug-likeness (QED) is 0.0696. The molecule has 1 rings (SSSR count). The van der Waals surface area contributed by atoms with Crippen molar-refractivity contribution in [2.24, 2.45) is 0 Å². The third-order valence-corrected chi connectivity index (χ3v) is 6.04. The molecule has 3 amide bonds. The molecule has 0 saturated carbocycles. The second-order valence-corrected chi connectivity index (χ2v) is 9.24. The number of carbonyl (C=O) groups excluding carboxylic acids is 3. The van der Waals surface area contributed by atoms with Crippen LogP contribution in [0.4, 0.5) is 0 Å². The van der Waals surface area contributed by atoms with Gasteiger partial charge in [-0.15, -0.1) is 0 Å². The molecule has 234 valence electrons. The number of nitrogens with one attached hydrogen (secondary N) is 3. The number of aliphatic hydroxyl groups excluding tert-OH is 3. The van der Waals surface area contributed by atoms with Crippen molar-refractivity contribution in [3.05, 3.63) is 0 Å². The maximum atomic E-state index is 12.2. The van der Waals surface area contributed by atoms with Crippen molar-refractivity contribution in [1.82, 2.24) is 20.9 Å². The van der Waals surface area contributed by atoms with Crippen LogP contribution in [-0.4, -0.2) is 161 Å². The standard InChI is InChI=1S/C25H48N4O11/c1-18(31)28-23-20(40-21(17-30)24(34)25(23)35)4-8-36-11-7-29(19(2)32)16-22(33)27-6-10-38-13-15-39-14-12-37-9-5-26-3/h20-21,23-26,30,34-35H,4-17H2,1-3H3,(H,27,33)(H,28,31). The maximum Gasteiger partial charge on any atom is 0.239 e. The van der Waals surface area contributed by atoms with Crippen LogP contribution in [0, 0.1) is 0 Å². The van der Waals surface area contributed by atoms with Gasteiger partial charge in [-0.1, -0.05) is 0 Å². The van der Waals surface area contributed by atoms with E-state index in [9.17, 15) is 29.7 Å². The Hall–Kier alpha value is -1.95. The number of hydrogen-bond acceptors (Lipinski definition) is 12. The predicted molar refractivity (Wildman–Crippen MR) is 142 cm³/mol. The zero-order chi connectivity index (χ0) is 29.8. The molecule has 0 aromatic rings. The third kappa shape index (κ3) is 15.2. The van der Waals surface area contributed by atoms with Crippen LogP contribution in [0.2, 0.25) is 0 Å². The van der Waals surface area contributed by atoms with Crippen LogP contribution >= 0.6 is 0 Å². The molecule has 1 aliphatic rings. The van der Waals surface area contributed by atoms with E-state index in [2.05, 4.69) is 16.0 Å². The minimum Gasteiger partial charge on any atom is -0.394 e. The van der Waals surface area contributed by atoms with Crippen LogP contribution < -0.4 is 16.0 Å². The molecule has 0 bridgehead atoms. The molecule has 1 aliphatic heterocycles. The second kappa shape index (κ2) is 21.8. The lowest BCUT2D eigenvalue weighted by atomic mass is 9.91. The van der Waals surface area contributed by atoms with Crippen LogP contribution in [0.3, 0.4) is 0 Å². The minimum absolute atomic E-state index is 0.131. The molecule has 6 N–H and O–H groups in total. The average molecular weight is 581 g/mol. The average Bonchev–Trinajstić information content (AvgIpc) is 2.91. The summed E-state index contributed by atoms with van der Waals surface area (Å²) in [5.74, 6) is -1.02. The van der Waals surface area contributed by atoms with Crippen molar-refractivity contribution in [2.75, 3.05) is 92.7 Å². The van der Waals surface area contributed by atoms with Gasteiger partial charge in [0.25, 0.3) is 0 Å². The Kier molecular flexibility index (Phi) is 19.6. The normalized spacial score (nSPS) is 22.6. The number of carbonyl (C=O) groups is 3. The van der Waals surface area contributed by atoms with E-state index in [0.29, 0.717) is 46.2 Å². The predicted octanol–water partition coefficient (Wildman–Crippen LogP) is -3.39.